The quantitative estimate of drug-likeness (QED) is 0.707. The summed E-state index contributed by atoms with van der Waals surface area (Å²) in [6.07, 6.45) is -0.528. The summed E-state index contributed by atoms with van der Waals surface area (Å²) in [6, 6.07) is 14.9. The molecule has 0 unspecified atom stereocenters. The first kappa shape index (κ1) is 23.8. The zero-order valence-electron chi connectivity index (χ0n) is 19.3. The Morgan fingerprint density at radius 1 is 1.03 bits per heavy atom. The zero-order chi connectivity index (χ0) is 23.1. The summed E-state index contributed by atoms with van der Waals surface area (Å²) >= 11 is 0. The largest absolute Gasteiger partial charge is 0.444 e. The molecule has 1 fully saturated rings. The predicted molar refractivity (Wildman–Crippen MR) is 125 cm³/mol. The lowest BCUT2D eigenvalue weighted by atomic mass is 10.0. The summed E-state index contributed by atoms with van der Waals surface area (Å²) in [4.78, 5) is 27.2. The fourth-order valence-electron chi connectivity index (χ4n) is 3.44. The third kappa shape index (κ3) is 7.35. The van der Waals surface area contributed by atoms with Crippen LogP contribution in [0, 0.1) is 6.92 Å². The average molecular weight is 440 g/mol. The Balaban J connectivity index is 1.66. The second-order valence-corrected chi connectivity index (χ2v) is 9.05. The van der Waals surface area contributed by atoms with Crippen LogP contribution in [-0.4, -0.2) is 55.3 Å². The summed E-state index contributed by atoms with van der Waals surface area (Å²) in [5.74, 6) is -0.160. The van der Waals surface area contributed by atoms with Crippen LogP contribution in [0.15, 0.2) is 48.5 Å². The number of aryl methyl sites for hydroxylation is 1. The van der Waals surface area contributed by atoms with E-state index in [0.29, 0.717) is 24.5 Å². The maximum Gasteiger partial charge on any atom is 0.412 e. The van der Waals surface area contributed by atoms with Crippen LogP contribution in [0.4, 0.5) is 10.5 Å². The third-order valence-electron chi connectivity index (χ3n) is 5.12. The van der Waals surface area contributed by atoms with Gasteiger partial charge >= 0.3 is 6.09 Å². The SMILES string of the molecule is Cc1ccc([C@@H](CN2CCOCC2)NC(=O)c2ccc(NC(=O)OC(C)(C)C)cc2)cc1. The molecule has 1 heterocycles. The molecule has 0 aromatic heterocycles. The average Bonchev–Trinajstić information content (AvgIpc) is 2.73. The van der Waals surface area contributed by atoms with E-state index in [0.717, 1.165) is 25.2 Å². The van der Waals surface area contributed by atoms with Gasteiger partial charge in [0.2, 0.25) is 0 Å². The lowest BCUT2D eigenvalue weighted by Crippen LogP contribution is -2.43. The Labute approximate surface area is 190 Å². The van der Waals surface area contributed by atoms with Crippen LogP contribution in [0.3, 0.4) is 0 Å². The zero-order valence-corrected chi connectivity index (χ0v) is 19.3. The highest BCUT2D eigenvalue weighted by Crippen LogP contribution is 2.18. The van der Waals surface area contributed by atoms with Crippen molar-refractivity contribution in [2.75, 3.05) is 38.2 Å². The summed E-state index contributed by atoms with van der Waals surface area (Å²) in [7, 11) is 0. The van der Waals surface area contributed by atoms with Gasteiger partial charge in [-0.05, 0) is 57.5 Å². The maximum atomic E-state index is 13.0. The molecule has 1 aliphatic heterocycles. The minimum absolute atomic E-state index is 0.138. The van der Waals surface area contributed by atoms with Crippen molar-refractivity contribution < 1.29 is 19.1 Å². The molecule has 32 heavy (non-hydrogen) atoms. The molecule has 7 nitrogen and oxygen atoms in total. The van der Waals surface area contributed by atoms with Crippen molar-refractivity contribution in [2.45, 2.75) is 39.3 Å². The molecule has 1 saturated heterocycles. The van der Waals surface area contributed by atoms with E-state index in [1.807, 2.05) is 6.92 Å². The van der Waals surface area contributed by atoms with Crippen LogP contribution < -0.4 is 10.6 Å². The smallest absolute Gasteiger partial charge is 0.412 e. The highest BCUT2D eigenvalue weighted by atomic mass is 16.6. The number of amides is 2. The molecule has 0 spiro atoms. The van der Waals surface area contributed by atoms with E-state index < -0.39 is 11.7 Å². The van der Waals surface area contributed by atoms with Gasteiger partial charge in [0.15, 0.2) is 0 Å². The summed E-state index contributed by atoms with van der Waals surface area (Å²) < 4.78 is 10.7. The van der Waals surface area contributed by atoms with Crippen molar-refractivity contribution in [1.82, 2.24) is 10.2 Å². The number of carbonyl (C=O) groups is 2. The molecule has 172 valence electrons. The van der Waals surface area contributed by atoms with Gasteiger partial charge < -0.3 is 14.8 Å². The van der Waals surface area contributed by atoms with Crippen molar-refractivity contribution in [3.8, 4) is 0 Å². The van der Waals surface area contributed by atoms with Crippen LogP contribution in [0.1, 0.15) is 48.3 Å². The topological polar surface area (TPSA) is 79.9 Å². The van der Waals surface area contributed by atoms with Crippen molar-refractivity contribution in [3.63, 3.8) is 0 Å². The van der Waals surface area contributed by atoms with Crippen molar-refractivity contribution >= 4 is 17.7 Å². The number of anilines is 1. The molecule has 2 N–H and O–H groups in total. The van der Waals surface area contributed by atoms with Gasteiger partial charge in [-0.15, -0.1) is 0 Å². The Morgan fingerprint density at radius 3 is 2.25 bits per heavy atom. The Kier molecular flexibility index (Phi) is 7.88. The molecular formula is C25H33N3O4. The van der Waals surface area contributed by atoms with Gasteiger partial charge in [-0.25, -0.2) is 4.79 Å². The monoisotopic (exact) mass is 439 g/mol. The number of hydrogen-bond acceptors (Lipinski definition) is 5. The van der Waals surface area contributed by atoms with Gasteiger partial charge in [0.25, 0.3) is 5.91 Å². The van der Waals surface area contributed by atoms with E-state index in [4.69, 9.17) is 9.47 Å². The maximum absolute atomic E-state index is 13.0. The lowest BCUT2D eigenvalue weighted by Gasteiger charge is -2.31. The molecule has 1 atom stereocenters. The number of nitrogens with zero attached hydrogens (tertiary/aromatic N) is 1. The summed E-state index contributed by atoms with van der Waals surface area (Å²) in [5, 5.41) is 5.85. The lowest BCUT2D eigenvalue weighted by molar-refractivity contribution is 0.0332. The number of nitrogens with one attached hydrogen (secondary N) is 2. The molecule has 2 aromatic rings. The second kappa shape index (κ2) is 10.6. The number of morpholine rings is 1. The first-order valence-electron chi connectivity index (χ1n) is 11.0. The van der Waals surface area contributed by atoms with Crippen LogP contribution >= 0.6 is 0 Å². The fourth-order valence-corrected chi connectivity index (χ4v) is 3.44. The minimum atomic E-state index is -0.574. The fraction of sp³-hybridized carbons (Fsp3) is 0.440. The van der Waals surface area contributed by atoms with E-state index >= 15 is 0 Å². The molecular weight excluding hydrogens is 406 g/mol. The van der Waals surface area contributed by atoms with E-state index in [1.165, 1.54) is 5.56 Å². The van der Waals surface area contributed by atoms with Crippen LogP contribution in [0.2, 0.25) is 0 Å². The molecule has 0 radical (unpaired) electrons. The van der Waals surface area contributed by atoms with E-state index in [2.05, 4.69) is 39.8 Å². The van der Waals surface area contributed by atoms with Gasteiger partial charge in [-0.1, -0.05) is 29.8 Å². The van der Waals surface area contributed by atoms with Crippen LogP contribution in [0.5, 0.6) is 0 Å². The van der Waals surface area contributed by atoms with Gasteiger partial charge in [-0.2, -0.15) is 0 Å². The van der Waals surface area contributed by atoms with Crippen molar-refractivity contribution in [2.24, 2.45) is 0 Å². The summed E-state index contributed by atoms with van der Waals surface area (Å²) in [5.41, 5.74) is 2.77. The van der Waals surface area contributed by atoms with Gasteiger partial charge in [0.1, 0.15) is 5.60 Å². The first-order chi connectivity index (χ1) is 15.2. The molecule has 1 aliphatic rings. The Morgan fingerprint density at radius 2 is 1.66 bits per heavy atom. The van der Waals surface area contributed by atoms with Gasteiger partial charge in [-0.3, -0.25) is 15.0 Å². The number of rotatable bonds is 6. The number of ether oxygens (including phenoxy) is 2. The second-order valence-electron chi connectivity index (χ2n) is 9.05. The van der Waals surface area contributed by atoms with Crippen molar-refractivity contribution in [1.29, 1.82) is 0 Å². The van der Waals surface area contributed by atoms with E-state index in [-0.39, 0.29) is 11.9 Å². The highest BCUT2D eigenvalue weighted by molar-refractivity contribution is 5.95. The molecule has 3 rings (SSSR count). The molecule has 0 saturated carbocycles. The molecule has 0 aliphatic carbocycles. The molecule has 7 heteroatoms. The normalized spacial score (nSPS) is 15.6. The van der Waals surface area contributed by atoms with Crippen LogP contribution in [-0.2, 0) is 9.47 Å². The summed E-state index contributed by atoms with van der Waals surface area (Å²) in [6.45, 7) is 11.3. The standard InChI is InChI=1S/C25H33N3O4/c1-18-5-7-19(8-6-18)22(17-28-13-15-31-16-14-28)27-23(29)20-9-11-21(12-10-20)26-24(30)32-25(2,3)4/h5-12,22H,13-17H2,1-4H3,(H,26,30)(H,27,29)/t22-/m1/s1. The Bertz CT molecular complexity index is 898. The highest BCUT2D eigenvalue weighted by Gasteiger charge is 2.21. The molecule has 0 bridgehead atoms. The number of carbonyl (C=O) groups excluding carboxylic acids is 2. The first-order valence-corrected chi connectivity index (χ1v) is 11.0. The predicted octanol–water partition coefficient (Wildman–Crippen LogP) is 4.15. The van der Waals surface area contributed by atoms with Gasteiger partial charge in [0, 0.05) is 30.9 Å². The van der Waals surface area contributed by atoms with Crippen LogP contribution in [0.25, 0.3) is 0 Å². The van der Waals surface area contributed by atoms with E-state index in [1.54, 1.807) is 45.0 Å². The molecule has 2 amide bonds. The van der Waals surface area contributed by atoms with E-state index in [9.17, 15) is 9.59 Å². The van der Waals surface area contributed by atoms with Gasteiger partial charge in [0.05, 0.1) is 19.3 Å². The number of hydrogen-bond donors (Lipinski definition) is 2. The third-order valence-corrected chi connectivity index (χ3v) is 5.12. The van der Waals surface area contributed by atoms with Crippen molar-refractivity contribution in [3.05, 3.63) is 65.2 Å². The minimum Gasteiger partial charge on any atom is -0.444 e. The Hall–Kier alpha value is -2.90. The molecule has 2 aromatic carbocycles. The number of benzene rings is 2.